The molecule has 0 bridgehead atoms. The smallest absolute Gasteiger partial charge is 0.0763 e. The Bertz CT molecular complexity index is 483. The van der Waals surface area contributed by atoms with E-state index in [0.717, 1.165) is 12.5 Å². The zero-order valence-electron chi connectivity index (χ0n) is 13.6. The molecule has 1 aromatic rings. The van der Waals surface area contributed by atoms with Crippen LogP contribution < -0.4 is 5.32 Å². The van der Waals surface area contributed by atoms with Crippen LogP contribution in [-0.4, -0.2) is 11.2 Å². The molecule has 21 heavy (non-hydrogen) atoms. The van der Waals surface area contributed by atoms with Crippen molar-refractivity contribution in [1.82, 2.24) is 5.32 Å². The lowest BCUT2D eigenvalue weighted by Crippen LogP contribution is -2.36. The molecule has 0 amide bonds. The molecule has 3 rings (SSSR count). The monoisotopic (exact) mass is 287 g/mol. The summed E-state index contributed by atoms with van der Waals surface area (Å²) in [6, 6.07) is 8.65. The van der Waals surface area contributed by atoms with Gasteiger partial charge >= 0.3 is 0 Å². The summed E-state index contributed by atoms with van der Waals surface area (Å²) < 4.78 is 0. The summed E-state index contributed by atoms with van der Waals surface area (Å²) in [6.45, 7) is 7.95. The van der Waals surface area contributed by atoms with Crippen molar-refractivity contribution in [3.63, 3.8) is 0 Å². The van der Waals surface area contributed by atoms with Crippen LogP contribution in [0.3, 0.4) is 0 Å². The van der Waals surface area contributed by atoms with Crippen molar-refractivity contribution in [3.05, 3.63) is 35.4 Å². The lowest BCUT2D eigenvalue weighted by molar-refractivity contribution is 0.0300. The highest BCUT2D eigenvalue weighted by molar-refractivity contribution is 5.34. The van der Waals surface area contributed by atoms with Crippen molar-refractivity contribution in [2.75, 3.05) is 0 Å². The van der Waals surface area contributed by atoms with Crippen molar-refractivity contribution in [2.45, 2.75) is 65.1 Å². The Hall–Kier alpha value is -0.860. The average molecular weight is 287 g/mol. The molecule has 1 aliphatic carbocycles. The van der Waals surface area contributed by atoms with Gasteiger partial charge in [0.1, 0.15) is 0 Å². The largest absolute Gasteiger partial charge is 0.391 e. The van der Waals surface area contributed by atoms with E-state index in [9.17, 15) is 5.11 Å². The van der Waals surface area contributed by atoms with E-state index >= 15 is 0 Å². The van der Waals surface area contributed by atoms with Crippen LogP contribution in [0.1, 0.15) is 63.6 Å². The summed E-state index contributed by atoms with van der Waals surface area (Å²) in [5.41, 5.74) is 3.07. The predicted molar refractivity (Wildman–Crippen MR) is 86.9 cm³/mol. The highest BCUT2D eigenvalue weighted by atomic mass is 16.3. The fraction of sp³-hybridized carbons (Fsp3) is 0.684. The Balaban J connectivity index is 1.64. The van der Waals surface area contributed by atoms with Crippen LogP contribution in [0.25, 0.3) is 0 Å². The average Bonchev–Trinajstić information content (AvgIpc) is 2.90. The third-order valence-corrected chi connectivity index (χ3v) is 5.72. The van der Waals surface area contributed by atoms with E-state index in [1.165, 1.54) is 36.8 Å². The molecule has 0 saturated heterocycles. The van der Waals surface area contributed by atoms with Gasteiger partial charge in [0.2, 0.25) is 0 Å². The summed E-state index contributed by atoms with van der Waals surface area (Å²) in [5, 5.41) is 14.4. The molecule has 2 heteroatoms. The van der Waals surface area contributed by atoms with Crippen LogP contribution in [0.5, 0.6) is 0 Å². The van der Waals surface area contributed by atoms with Crippen LogP contribution >= 0.6 is 0 Å². The number of aliphatic hydroxyl groups excluding tert-OH is 1. The number of benzene rings is 1. The number of hydrogen-bond donors (Lipinski definition) is 2. The molecule has 1 heterocycles. The van der Waals surface area contributed by atoms with Gasteiger partial charge in [-0.15, -0.1) is 0 Å². The first-order valence-electron chi connectivity index (χ1n) is 8.46. The van der Waals surface area contributed by atoms with Gasteiger partial charge in [-0.05, 0) is 54.1 Å². The fourth-order valence-corrected chi connectivity index (χ4v) is 4.23. The Kier molecular flexibility index (Phi) is 4.11. The molecule has 1 aromatic carbocycles. The summed E-state index contributed by atoms with van der Waals surface area (Å²) in [6.07, 6.45) is 4.63. The van der Waals surface area contributed by atoms with Gasteiger partial charge in [-0.25, -0.2) is 0 Å². The van der Waals surface area contributed by atoms with E-state index in [4.69, 9.17) is 0 Å². The quantitative estimate of drug-likeness (QED) is 0.860. The summed E-state index contributed by atoms with van der Waals surface area (Å²) in [7, 11) is 0. The van der Waals surface area contributed by atoms with Gasteiger partial charge in [-0.2, -0.15) is 0 Å². The maximum atomic E-state index is 10.8. The molecule has 0 spiro atoms. The third kappa shape index (κ3) is 3.02. The third-order valence-electron chi connectivity index (χ3n) is 5.72. The molecule has 2 atom stereocenters. The first-order valence-corrected chi connectivity index (χ1v) is 8.46. The van der Waals surface area contributed by atoms with Crippen molar-refractivity contribution in [3.8, 4) is 0 Å². The van der Waals surface area contributed by atoms with Gasteiger partial charge in [0.25, 0.3) is 0 Å². The molecule has 2 N–H and O–H groups in total. The molecule has 0 radical (unpaired) electrons. The van der Waals surface area contributed by atoms with Crippen molar-refractivity contribution >= 4 is 0 Å². The topological polar surface area (TPSA) is 32.3 Å². The fourth-order valence-electron chi connectivity index (χ4n) is 4.23. The lowest BCUT2D eigenvalue weighted by Gasteiger charge is -2.39. The molecular formula is C19H29NO. The van der Waals surface area contributed by atoms with Crippen molar-refractivity contribution in [2.24, 2.45) is 17.3 Å². The van der Waals surface area contributed by atoms with E-state index in [2.05, 4.69) is 50.4 Å². The lowest BCUT2D eigenvalue weighted by atomic mass is 9.68. The Morgan fingerprint density at radius 2 is 1.76 bits per heavy atom. The van der Waals surface area contributed by atoms with Gasteiger partial charge in [0.15, 0.2) is 0 Å². The Morgan fingerprint density at radius 3 is 2.43 bits per heavy atom. The minimum absolute atomic E-state index is 0.136. The molecule has 0 aromatic heterocycles. The van der Waals surface area contributed by atoms with Crippen LogP contribution in [0.15, 0.2) is 24.3 Å². The minimum atomic E-state index is -0.241. The molecule has 2 unspecified atom stereocenters. The summed E-state index contributed by atoms with van der Waals surface area (Å²) in [5.74, 6) is 1.26. The standard InChI is InChI=1S/C19H29NO/c1-19(2,3)15-10-8-13(9-11-15)18(21)17-16-7-5-4-6-14(16)12-20-17/h4-7,13,15,17-18,20-21H,8-12H2,1-3H3. The number of rotatable bonds is 2. The molecule has 1 saturated carbocycles. The second-order valence-corrected chi connectivity index (χ2v) is 8.03. The number of nitrogens with one attached hydrogen (secondary N) is 1. The minimum Gasteiger partial charge on any atom is -0.391 e. The zero-order chi connectivity index (χ0) is 15.0. The second-order valence-electron chi connectivity index (χ2n) is 8.03. The van der Waals surface area contributed by atoms with E-state index < -0.39 is 0 Å². The number of aliphatic hydroxyl groups is 1. The SMILES string of the molecule is CC(C)(C)C1CCC(C(O)C2NCc3ccccc32)CC1. The molecule has 1 aliphatic heterocycles. The van der Waals surface area contributed by atoms with Crippen LogP contribution in [0.4, 0.5) is 0 Å². The van der Waals surface area contributed by atoms with Crippen LogP contribution in [0.2, 0.25) is 0 Å². The van der Waals surface area contributed by atoms with Crippen LogP contribution in [-0.2, 0) is 6.54 Å². The molecule has 2 nitrogen and oxygen atoms in total. The van der Waals surface area contributed by atoms with E-state index in [1.807, 2.05) is 0 Å². The summed E-state index contributed by atoms with van der Waals surface area (Å²) in [4.78, 5) is 0. The van der Waals surface area contributed by atoms with Gasteiger partial charge in [-0.3, -0.25) is 0 Å². The van der Waals surface area contributed by atoms with E-state index in [0.29, 0.717) is 11.3 Å². The maximum Gasteiger partial charge on any atom is 0.0763 e. The number of hydrogen-bond acceptors (Lipinski definition) is 2. The van der Waals surface area contributed by atoms with Crippen molar-refractivity contribution in [1.29, 1.82) is 0 Å². The Labute approximate surface area is 129 Å². The molecular weight excluding hydrogens is 258 g/mol. The number of fused-ring (bicyclic) bond motifs is 1. The van der Waals surface area contributed by atoms with Gasteiger partial charge in [0.05, 0.1) is 12.1 Å². The predicted octanol–water partition coefficient (Wildman–Crippen LogP) is 4.04. The van der Waals surface area contributed by atoms with Gasteiger partial charge in [0, 0.05) is 6.54 Å². The maximum absolute atomic E-state index is 10.8. The second kappa shape index (κ2) is 5.73. The first kappa shape index (κ1) is 15.1. The summed E-state index contributed by atoms with van der Waals surface area (Å²) >= 11 is 0. The van der Waals surface area contributed by atoms with E-state index in [1.54, 1.807) is 0 Å². The highest BCUT2D eigenvalue weighted by Gasteiger charge is 2.37. The van der Waals surface area contributed by atoms with E-state index in [-0.39, 0.29) is 12.1 Å². The van der Waals surface area contributed by atoms with Crippen molar-refractivity contribution < 1.29 is 5.11 Å². The first-order chi connectivity index (χ1) is 9.97. The highest BCUT2D eigenvalue weighted by Crippen LogP contribution is 2.43. The van der Waals surface area contributed by atoms with Crippen LogP contribution in [0, 0.1) is 17.3 Å². The molecule has 1 fully saturated rings. The molecule has 2 aliphatic rings. The Morgan fingerprint density at radius 1 is 1.10 bits per heavy atom. The van der Waals surface area contributed by atoms with Gasteiger partial charge < -0.3 is 10.4 Å². The van der Waals surface area contributed by atoms with Gasteiger partial charge in [-0.1, -0.05) is 45.0 Å². The molecule has 116 valence electrons. The zero-order valence-corrected chi connectivity index (χ0v) is 13.6. The normalized spacial score (nSPS) is 31.0.